The molecule has 2 aliphatic rings. The van der Waals surface area contributed by atoms with Crippen molar-refractivity contribution in [2.24, 2.45) is 0 Å². The molecule has 0 amide bonds. The Morgan fingerprint density at radius 2 is 2.00 bits per heavy atom. The fraction of sp³-hybridized carbons (Fsp3) is 0.600. The molecule has 3 rings (SSSR count). The maximum absolute atomic E-state index is 5.97. The summed E-state index contributed by atoms with van der Waals surface area (Å²) in [4.78, 5) is 0. The van der Waals surface area contributed by atoms with Gasteiger partial charge in [0.25, 0.3) is 0 Å². The van der Waals surface area contributed by atoms with Gasteiger partial charge in [0.1, 0.15) is 5.75 Å². The van der Waals surface area contributed by atoms with E-state index in [-0.39, 0.29) is 0 Å². The van der Waals surface area contributed by atoms with E-state index >= 15 is 0 Å². The molecule has 1 N–H and O–H groups in total. The summed E-state index contributed by atoms with van der Waals surface area (Å²) in [5.41, 5.74) is 1.37. The third-order valence-electron chi connectivity index (χ3n) is 3.67. The van der Waals surface area contributed by atoms with Gasteiger partial charge in [-0.2, -0.15) is 0 Å². The Morgan fingerprint density at radius 3 is 2.76 bits per heavy atom. The molecule has 1 heterocycles. The Kier molecular flexibility index (Phi) is 3.32. The highest BCUT2D eigenvalue weighted by Crippen LogP contribution is 2.30. The number of ether oxygens (including phenoxy) is 1. The van der Waals surface area contributed by atoms with Gasteiger partial charge < -0.3 is 10.1 Å². The van der Waals surface area contributed by atoms with Crippen molar-refractivity contribution in [2.45, 2.75) is 50.7 Å². The quantitative estimate of drug-likeness (QED) is 0.860. The molecule has 0 aromatic heterocycles. The maximum Gasteiger partial charge on any atom is 0.122 e. The zero-order valence-electron chi connectivity index (χ0n) is 10.3. The summed E-state index contributed by atoms with van der Waals surface area (Å²) >= 11 is 0. The minimum Gasteiger partial charge on any atom is -0.490 e. The van der Waals surface area contributed by atoms with Gasteiger partial charge in [-0.3, -0.25) is 0 Å². The van der Waals surface area contributed by atoms with Gasteiger partial charge >= 0.3 is 0 Å². The second kappa shape index (κ2) is 5.09. The number of para-hydroxylation sites is 1. The molecular weight excluding hydrogens is 210 g/mol. The van der Waals surface area contributed by atoms with Gasteiger partial charge in [-0.15, -0.1) is 0 Å². The molecule has 0 radical (unpaired) electrons. The smallest absolute Gasteiger partial charge is 0.122 e. The topological polar surface area (TPSA) is 21.3 Å². The number of benzene rings is 1. The lowest BCUT2D eigenvalue weighted by Gasteiger charge is -2.24. The van der Waals surface area contributed by atoms with Crippen molar-refractivity contribution in [1.82, 2.24) is 5.32 Å². The fourth-order valence-corrected chi connectivity index (χ4v) is 2.52. The summed E-state index contributed by atoms with van der Waals surface area (Å²) in [7, 11) is 0. The molecule has 1 atom stereocenters. The molecule has 1 saturated heterocycles. The van der Waals surface area contributed by atoms with E-state index in [4.69, 9.17) is 4.74 Å². The SMILES string of the molecule is c1ccc(OC2CC2)c(CC2CCCCN2)c1. The first-order valence-electron chi connectivity index (χ1n) is 6.90. The van der Waals surface area contributed by atoms with E-state index < -0.39 is 0 Å². The highest BCUT2D eigenvalue weighted by atomic mass is 16.5. The van der Waals surface area contributed by atoms with Crippen molar-refractivity contribution in [1.29, 1.82) is 0 Å². The van der Waals surface area contributed by atoms with Crippen molar-refractivity contribution < 1.29 is 4.74 Å². The zero-order chi connectivity index (χ0) is 11.5. The second-order valence-corrected chi connectivity index (χ2v) is 5.28. The molecular formula is C15H21NO. The van der Waals surface area contributed by atoms with Crippen LogP contribution in [0.25, 0.3) is 0 Å². The van der Waals surface area contributed by atoms with Gasteiger partial charge in [0.05, 0.1) is 6.10 Å². The Balaban J connectivity index is 1.67. The van der Waals surface area contributed by atoms with Gasteiger partial charge in [-0.1, -0.05) is 24.6 Å². The Labute approximate surface area is 103 Å². The van der Waals surface area contributed by atoms with Gasteiger partial charge in [0, 0.05) is 6.04 Å². The van der Waals surface area contributed by atoms with Crippen LogP contribution in [0.2, 0.25) is 0 Å². The van der Waals surface area contributed by atoms with E-state index in [0.717, 1.165) is 12.2 Å². The van der Waals surface area contributed by atoms with Crippen LogP contribution in [0.5, 0.6) is 5.75 Å². The van der Waals surface area contributed by atoms with Crippen LogP contribution in [-0.2, 0) is 6.42 Å². The highest BCUT2D eigenvalue weighted by Gasteiger charge is 2.25. The summed E-state index contributed by atoms with van der Waals surface area (Å²) in [6.45, 7) is 1.18. The molecule has 1 aromatic carbocycles. The number of hydrogen-bond acceptors (Lipinski definition) is 2. The summed E-state index contributed by atoms with van der Waals surface area (Å²) in [6.07, 6.45) is 8.07. The van der Waals surface area contributed by atoms with Gasteiger partial charge in [0.15, 0.2) is 0 Å². The molecule has 0 spiro atoms. The monoisotopic (exact) mass is 231 g/mol. The minimum absolute atomic E-state index is 0.496. The van der Waals surface area contributed by atoms with Gasteiger partial charge in [0.2, 0.25) is 0 Å². The molecule has 1 saturated carbocycles. The predicted molar refractivity (Wildman–Crippen MR) is 69.4 cm³/mol. The van der Waals surface area contributed by atoms with Crippen LogP contribution in [0, 0.1) is 0 Å². The van der Waals surface area contributed by atoms with Crippen molar-refractivity contribution >= 4 is 0 Å². The van der Waals surface area contributed by atoms with Crippen molar-refractivity contribution in [3.05, 3.63) is 29.8 Å². The van der Waals surface area contributed by atoms with Crippen molar-refractivity contribution in [3.63, 3.8) is 0 Å². The van der Waals surface area contributed by atoms with Crippen molar-refractivity contribution in [2.75, 3.05) is 6.54 Å². The highest BCUT2D eigenvalue weighted by molar-refractivity contribution is 5.34. The first-order chi connectivity index (χ1) is 8.42. The lowest BCUT2D eigenvalue weighted by atomic mass is 9.97. The Hall–Kier alpha value is -1.02. The first-order valence-corrected chi connectivity index (χ1v) is 6.90. The van der Waals surface area contributed by atoms with E-state index in [0.29, 0.717) is 12.1 Å². The van der Waals surface area contributed by atoms with Crippen LogP contribution in [0.1, 0.15) is 37.7 Å². The summed E-state index contributed by atoms with van der Waals surface area (Å²) < 4.78 is 5.97. The van der Waals surface area contributed by atoms with Crippen LogP contribution >= 0.6 is 0 Å². The first kappa shape index (κ1) is 11.1. The Bertz CT molecular complexity index is 367. The van der Waals surface area contributed by atoms with Gasteiger partial charge in [-0.25, -0.2) is 0 Å². The minimum atomic E-state index is 0.496. The molecule has 1 aromatic rings. The molecule has 2 nitrogen and oxygen atoms in total. The standard InChI is InChI=1S/C15H21NO/c1-2-7-15(17-14-8-9-14)12(5-1)11-13-6-3-4-10-16-13/h1-2,5,7,13-14,16H,3-4,6,8-11H2. The van der Waals surface area contributed by atoms with E-state index in [1.165, 1.54) is 44.2 Å². The fourth-order valence-electron chi connectivity index (χ4n) is 2.52. The Morgan fingerprint density at radius 1 is 1.12 bits per heavy atom. The van der Waals surface area contributed by atoms with E-state index in [1.54, 1.807) is 0 Å². The van der Waals surface area contributed by atoms with Crippen LogP contribution < -0.4 is 10.1 Å². The van der Waals surface area contributed by atoms with E-state index in [9.17, 15) is 0 Å². The summed E-state index contributed by atoms with van der Waals surface area (Å²) in [5, 5.41) is 3.61. The summed E-state index contributed by atoms with van der Waals surface area (Å²) in [6, 6.07) is 9.19. The van der Waals surface area contributed by atoms with E-state index in [2.05, 4.69) is 29.6 Å². The lowest BCUT2D eigenvalue weighted by Crippen LogP contribution is -2.35. The molecule has 1 unspecified atom stereocenters. The average molecular weight is 231 g/mol. The average Bonchev–Trinajstić information content (AvgIpc) is 3.17. The predicted octanol–water partition coefficient (Wildman–Crippen LogP) is 2.91. The normalized spacial score (nSPS) is 24.6. The van der Waals surface area contributed by atoms with E-state index in [1.807, 2.05) is 0 Å². The van der Waals surface area contributed by atoms with Crippen LogP contribution in [0.4, 0.5) is 0 Å². The molecule has 92 valence electrons. The van der Waals surface area contributed by atoms with Gasteiger partial charge in [-0.05, 0) is 50.3 Å². The number of nitrogens with one attached hydrogen (secondary N) is 1. The third-order valence-corrected chi connectivity index (χ3v) is 3.67. The number of hydrogen-bond donors (Lipinski definition) is 1. The maximum atomic E-state index is 5.97. The molecule has 1 aliphatic heterocycles. The van der Waals surface area contributed by atoms with Crippen LogP contribution in [0.15, 0.2) is 24.3 Å². The zero-order valence-corrected chi connectivity index (χ0v) is 10.3. The molecule has 0 bridgehead atoms. The molecule has 1 aliphatic carbocycles. The molecule has 17 heavy (non-hydrogen) atoms. The molecule has 2 heteroatoms. The lowest BCUT2D eigenvalue weighted by molar-refractivity contribution is 0.297. The second-order valence-electron chi connectivity index (χ2n) is 5.28. The molecule has 2 fully saturated rings. The number of piperidine rings is 1. The largest absolute Gasteiger partial charge is 0.490 e. The van der Waals surface area contributed by atoms with Crippen molar-refractivity contribution in [3.8, 4) is 5.75 Å². The third kappa shape index (κ3) is 3.01. The summed E-state index contributed by atoms with van der Waals surface area (Å²) in [5.74, 6) is 1.11. The van der Waals surface area contributed by atoms with Crippen LogP contribution in [-0.4, -0.2) is 18.7 Å². The number of rotatable bonds is 4. The van der Waals surface area contributed by atoms with Crippen LogP contribution in [0.3, 0.4) is 0 Å².